The summed E-state index contributed by atoms with van der Waals surface area (Å²) in [5, 5.41) is 2.43. The standard InChI is InChI=1S/C16H19BO2/c1-12-11-16(2,3)19-17(18-12)15-10-6-8-13-7-4-5-9-14(13)15/h4-10,12H,11H2,1-3H3. The van der Waals surface area contributed by atoms with Crippen molar-refractivity contribution in [3.63, 3.8) is 0 Å². The van der Waals surface area contributed by atoms with Crippen molar-refractivity contribution in [2.45, 2.75) is 38.9 Å². The third kappa shape index (κ3) is 2.53. The highest BCUT2D eigenvalue weighted by molar-refractivity contribution is 6.64. The van der Waals surface area contributed by atoms with Gasteiger partial charge in [-0.2, -0.15) is 0 Å². The van der Waals surface area contributed by atoms with Crippen molar-refractivity contribution in [1.82, 2.24) is 0 Å². The minimum atomic E-state index is -0.273. The van der Waals surface area contributed by atoms with Gasteiger partial charge < -0.3 is 9.31 Å². The molecule has 1 saturated heterocycles. The molecular weight excluding hydrogens is 235 g/mol. The zero-order valence-electron chi connectivity index (χ0n) is 11.7. The molecule has 0 amide bonds. The Bertz CT molecular complexity index is 589. The number of benzene rings is 2. The van der Waals surface area contributed by atoms with Crippen molar-refractivity contribution in [1.29, 1.82) is 0 Å². The van der Waals surface area contributed by atoms with Gasteiger partial charge in [-0.3, -0.25) is 0 Å². The first-order chi connectivity index (χ1) is 9.05. The second-order valence-corrected chi connectivity index (χ2v) is 5.93. The van der Waals surface area contributed by atoms with E-state index >= 15 is 0 Å². The van der Waals surface area contributed by atoms with E-state index in [4.69, 9.17) is 9.31 Å². The van der Waals surface area contributed by atoms with Gasteiger partial charge in [0.15, 0.2) is 0 Å². The second kappa shape index (κ2) is 4.66. The van der Waals surface area contributed by atoms with Gasteiger partial charge in [-0.25, -0.2) is 0 Å². The van der Waals surface area contributed by atoms with Crippen LogP contribution in [0.3, 0.4) is 0 Å². The molecular formula is C16H19BO2. The number of rotatable bonds is 1. The van der Waals surface area contributed by atoms with Gasteiger partial charge in [-0.05, 0) is 43.4 Å². The first-order valence-electron chi connectivity index (χ1n) is 6.86. The summed E-state index contributed by atoms with van der Waals surface area (Å²) in [6.07, 6.45) is 1.14. The summed E-state index contributed by atoms with van der Waals surface area (Å²) < 4.78 is 12.1. The summed E-state index contributed by atoms with van der Waals surface area (Å²) in [7, 11) is -0.273. The highest BCUT2D eigenvalue weighted by Crippen LogP contribution is 2.26. The fourth-order valence-corrected chi connectivity index (χ4v) is 2.91. The smallest absolute Gasteiger partial charge is 0.405 e. The predicted molar refractivity (Wildman–Crippen MR) is 79.7 cm³/mol. The van der Waals surface area contributed by atoms with E-state index in [9.17, 15) is 0 Å². The Labute approximate surface area is 114 Å². The van der Waals surface area contributed by atoms with Crippen LogP contribution in [0.2, 0.25) is 0 Å². The van der Waals surface area contributed by atoms with Crippen LogP contribution in [0.1, 0.15) is 27.2 Å². The molecule has 1 unspecified atom stereocenters. The van der Waals surface area contributed by atoms with Gasteiger partial charge in [-0.15, -0.1) is 0 Å². The van der Waals surface area contributed by atoms with Gasteiger partial charge in [0, 0.05) is 6.10 Å². The van der Waals surface area contributed by atoms with Crippen LogP contribution >= 0.6 is 0 Å². The van der Waals surface area contributed by atoms with Gasteiger partial charge in [-0.1, -0.05) is 42.5 Å². The van der Waals surface area contributed by atoms with Gasteiger partial charge in [0.25, 0.3) is 0 Å². The van der Waals surface area contributed by atoms with Gasteiger partial charge >= 0.3 is 7.12 Å². The summed E-state index contributed by atoms with van der Waals surface area (Å²) in [5.41, 5.74) is 0.983. The van der Waals surface area contributed by atoms with Gasteiger partial charge in [0.1, 0.15) is 0 Å². The van der Waals surface area contributed by atoms with Crippen molar-refractivity contribution < 1.29 is 9.31 Å². The zero-order valence-corrected chi connectivity index (χ0v) is 11.7. The van der Waals surface area contributed by atoms with Crippen LogP contribution in [0, 0.1) is 0 Å². The molecule has 0 aromatic heterocycles. The molecule has 0 bridgehead atoms. The number of fused-ring (bicyclic) bond motifs is 1. The monoisotopic (exact) mass is 254 g/mol. The molecule has 0 spiro atoms. The van der Waals surface area contributed by atoms with Crippen molar-refractivity contribution in [3.05, 3.63) is 42.5 Å². The summed E-state index contributed by atoms with van der Waals surface area (Å²) in [6, 6.07) is 14.7. The molecule has 2 aromatic rings. The summed E-state index contributed by atoms with van der Waals surface area (Å²) >= 11 is 0. The van der Waals surface area contributed by atoms with Gasteiger partial charge in [0.05, 0.1) is 5.60 Å². The minimum Gasteiger partial charge on any atom is -0.405 e. The third-order valence-corrected chi connectivity index (χ3v) is 3.64. The topological polar surface area (TPSA) is 18.5 Å². The van der Waals surface area contributed by atoms with Crippen LogP contribution in [0.5, 0.6) is 0 Å². The number of hydrogen-bond donors (Lipinski definition) is 0. The molecule has 0 N–H and O–H groups in total. The van der Waals surface area contributed by atoms with Crippen LogP contribution in [-0.2, 0) is 9.31 Å². The van der Waals surface area contributed by atoms with Crippen molar-refractivity contribution in [2.24, 2.45) is 0 Å². The normalized spacial score (nSPS) is 22.7. The highest BCUT2D eigenvalue weighted by atomic mass is 16.6. The molecule has 1 aliphatic rings. The van der Waals surface area contributed by atoms with Crippen molar-refractivity contribution in [3.8, 4) is 0 Å². The molecule has 3 heteroatoms. The Morgan fingerprint density at radius 2 is 1.84 bits per heavy atom. The van der Waals surface area contributed by atoms with E-state index in [1.165, 1.54) is 10.8 Å². The lowest BCUT2D eigenvalue weighted by Gasteiger charge is -2.38. The molecule has 98 valence electrons. The Morgan fingerprint density at radius 3 is 2.63 bits per heavy atom. The summed E-state index contributed by atoms with van der Waals surface area (Å²) in [6.45, 7) is 6.37. The first-order valence-corrected chi connectivity index (χ1v) is 6.86. The van der Waals surface area contributed by atoms with Crippen LogP contribution in [0.25, 0.3) is 10.8 Å². The first kappa shape index (κ1) is 12.7. The summed E-state index contributed by atoms with van der Waals surface area (Å²) in [4.78, 5) is 0. The predicted octanol–water partition coefficient (Wildman–Crippen LogP) is 3.14. The Hall–Kier alpha value is -1.32. The largest absolute Gasteiger partial charge is 0.495 e. The average Bonchev–Trinajstić information content (AvgIpc) is 2.35. The average molecular weight is 254 g/mol. The summed E-state index contributed by atoms with van der Waals surface area (Å²) in [5.74, 6) is 0. The maximum Gasteiger partial charge on any atom is 0.495 e. The minimum absolute atomic E-state index is 0.140. The van der Waals surface area contributed by atoms with E-state index in [1.807, 2.05) is 0 Å². The second-order valence-electron chi connectivity index (χ2n) is 5.93. The lowest BCUT2D eigenvalue weighted by Crippen LogP contribution is -2.51. The quantitative estimate of drug-likeness (QED) is 0.728. The molecule has 0 aliphatic carbocycles. The van der Waals surface area contributed by atoms with Gasteiger partial charge in [0.2, 0.25) is 0 Å². The Balaban J connectivity index is 2.04. The Kier molecular flexibility index (Phi) is 3.11. The molecule has 1 heterocycles. The highest BCUT2D eigenvalue weighted by Gasteiger charge is 2.38. The molecule has 2 nitrogen and oxygen atoms in total. The van der Waals surface area contributed by atoms with Crippen LogP contribution < -0.4 is 5.46 Å². The fourth-order valence-electron chi connectivity index (χ4n) is 2.91. The lowest BCUT2D eigenvalue weighted by atomic mass is 9.73. The molecule has 1 fully saturated rings. The zero-order chi connectivity index (χ0) is 13.5. The molecule has 3 rings (SSSR count). The number of hydrogen-bond acceptors (Lipinski definition) is 2. The van der Waals surface area contributed by atoms with Crippen LogP contribution in [0.4, 0.5) is 0 Å². The van der Waals surface area contributed by atoms with Crippen molar-refractivity contribution in [2.75, 3.05) is 0 Å². The lowest BCUT2D eigenvalue weighted by molar-refractivity contribution is -0.0228. The fraction of sp³-hybridized carbons (Fsp3) is 0.375. The maximum absolute atomic E-state index is 6.12. The molecule has 2 aromatic carbocycles. The van der Waals surface area contributed by atoms with E-state index < -0.39 is 0 Å². The van der Waals surface area contributed by atoms with Crippen LogP contribution in [0.15, 0.2) is 42.5 Å². The van der Waals surface area contributed by atoms with Crippen LogP contribution in [-0.4, -0.2) is 18.8 Å². The molecule has 19 heavy (non-hydrogen) atoms. The Morgan fingerprint density at radius 1 is 1.11 bits per heavy atom. The van der Waals surface area contributed by atoms with E-state index in [2.05, 4.69) is 63.2 Å². The maximum atomic E-state index is 6.12. The van der Waals surface area contributed by atoms with Crippen molar-refractivity contribution >= 4 is 23.4 Å². The molecule has 0 saturated carbocycles. The molecule has 1 atom stereocenters. The molecule has 1 aliphatic heterocycles. The SMILES string of the molecule is CC1CC(C)(C)OB(c2cccc3ccccc23)O1. The molecule has 0 radical (unpaired) electrons. The van der Waals surface area contributed by atoms with E-state index in [0.717, 1.165) is 11.9 Å². The van der Waals surface area contributed by atoms with E-state index in [0.29, 0.717) is 0 Å². The van der Waals surface area contributed by atoms with E-state index in [1.54, 1.807) is 0 Å². The third-order valence-electron chi connectivity index (χ3n) is 3.64. The van der Waals surface area contributed by atoms with E-state index in [-0.39, 0.29) is 18.8 Å².